The van der Waals surface area contributed by atoms with Crippen LogP contribution in [0.3, 0.4) is 0 Å². The van der Waals surface area contributed by atoms with Gasteiger partial charge in [-0.3, -0.25) is 14.8 Å². The smallest absolute Gasteiger partial charge is 0.358 e. The number of carbonyl (C=O) groups excluding carboxylic acids is 2. The number of hydrogen-bond acceptors (Lipinski definition) is 7. The van der Waals surface area contributed by atoms with Crippen LogP contribution in [0.25, 0.3) is 0 Å². The first-order chi connectivity index (χ1) is 16.9. The molecule has 36 heavy (non-hydrogen) atoms. The van der Waals surface area contributed by atoms with Crippen LogP contribution in [0.1, 0.15) is 46.5 Å². The molecular weight excluding hydrogens is 477 g/mol. The molecule has 4 aliphatic rings. The second kappa shape index (κ2) is 10.3. The summed E-state index contributed by atoms with van der Waals surface area (Å²) in [6.07, 6.45) is 2.41. The first-order valence-electron chi connectivity index (χ1n) is 12.3. The van der Waals surface area contributed by atoms with Crippen molar-refractivity contribution in [1.29, 1.82) is 0 Å². The molecule has 3 unspecified atom stereocenters. The van der Waals surface area contributed by atoms with Crippen molar-refractivity contribution in [3.8, 4) is 0 Å². The Balaban J connectivity index is 1.51. The SMILES string of the molecule is CC(=O)NC1C[C@H](NC(C)C)CC[C@@H]1N1CCC(NC2=C3C=C(C(F)(F)F)C=CC3N(O)C=N2)C1=O. The predicted molar refractivity (Wildman–Crippen MR) is 127 cm³/mol. The Bertz CT molecular complexity index is 1010. The molecule has 0 aromatic heterocycles. The molecule has 0 aromatic carbocycles. The summed E-state index contributed by atoms with van der Waals surface area (Å²) in [4.78, 5) is 31.1. The zero-order chi connectivity index (χ0) is 26.2. The number of halogens is 3. The highest BCUT2D eigenvalue weighted by atomic mass is 19.4. The second-order valence-corrected chi connectivity index (χ2v) is 10.1. The number of nitrogens with one attached hydrogen (secondary N) is 3. The minimum absolute atomic E-state index is 0.125. The van der Waals surface area contributed by atoms with Gasteiger partial charge in [0.25, 0.3) is 0 Å². The summed E-state index contributed by atoms with van der Waals surface area (Å²) in [6.45, 7) is 6.06. The van der Waals surface area contributed by atoms with Gasteiger partial charge in [-0.25, -0.2) is 10.1 Å². The second-order valence-electron chi connectivity index (χ2n) is 10.1. The average Bonchev–Trinajstić information content (AvgIpc) is 3.14. The zero-order valence-electron chi connectivity index (χ0n) is 20.5. The van der Waals surface area contributed by atoms with Gasteiger partial charge >= 0.3 is 6.18 Å². The fourth-order valence-electron chi connectivity index (χ4n) is 5.50. The number of likely N-dealkylation sites (tertiary alicyclic amines) is 1. The molecule has 9 nitrogen and oxygen atoms in total. The first kappa shape index (κ1) is 26.2. The molecule has 2 fully saturated rings. The van der Waals surface area contributed by atoms with Crippen molar-refractivity contribution < 1.29 is 28.0 Å². The normalized spacial score (nSPS) is 30.6. The van der Waals surface area contributed by atoms with E-state index in [0.29, 0.717) is 25.4 Å². The molecule has 2 aliphatic carbocycles. The molecule has 12 heteroatoms. The van der Waals surface area contributed by atoms with Crippen molar-refractivity contribution >= 4 is 18.2 Å². The van der Waals surface area contributed by atoms with E-state index in [-0.39, 0.29) is 41.3 Å². The maximum atomic E-state index is 13.4. The number of carbonyl (C=O) groups is 2. The molecule has 5 atom stereocenters. The summed E-state index contributed by atoms with van der Waals surface area (Å²) in [5.74, 6) is -0.208. The molecular formula is C24H33F3N6O3. The number of hydrogen-bond donors (Lipinski definition) is 4. The Labute approximate surface area is 208 Å². The van der Waals surface area contributed by atoms with Crippen LogP contribution >= 0.6 is 0 Å². The third kappa shape index (κ3) is 5.59. The van der Waals surface area contributed by atoms with E-state index in [0.717, 1.165) is 36.4 Å². The lowest BCUT2D eigenvalue weighted by Gasteiger charge is -2.42. The number of amides is 2. The first-order valence-corrected chi connectivity index (χ1v) is 12.3. The number of hydroxylamine groups is 2. The van der Waals surface area contributed by atoms with Crippen LogP contribution in [0.4, 0.5) is 13.2 Å². The molecule has 0 bridgehead atoms. The Morgan fingerprint density at radius 2 is 2.00 bits per heavy atom. The van der Waals surface area contributed by atoms with Gasteiger partial charge in [0.1, 0.15) is 24.2 Å². The van der Waals surface area contributed by atoms with Crippen LogP contribution < -0.4 is 16.0 Å². The van der Waals surface area contributed by atoms with Crippen molar-refractivity contribution in [2.75, 3.05) is 6.54 Å². The molecule has 2 aliphatic heterocycles. The van der Waals surface area contributed by atoms with Gasteiger partial charge in [0.05, 0.1) is 17.7 Å². The van der Waals surface area contributed by atoms with Gasteiger partial charge in [-0.2, -0.15) is 13.2 Å². The molecule has 198 valence electrons. The highest BCUT2D eigenvalue weighted by Gasteiger charge is 2.43. The van der Waals surface area contributed by atoms with Crippen LogP contribution in [0.15, 0.2) is 40.2 Å². The highest BCUT2D eigenvalue weighted by Crippen LogP contribution is 2.35. The van der Waals surface area contributed by atoms with E-state index in [2.05, 4.69) is 34.8 Å². The van der Waals surface area contributed by atoms with Gasteiger partial charge in [-0.05, 0) is 31.8 Å². The molecule has 2 amide bonds. The monoisotopic (exact) mass is 510 g/mol. The van der Waals surface area contributed by atoms with Crippen molar-refractivity contribution in [2.24, 2.45) is 4.99 Å². The van der Waals surface area contributed by atoms with Crippen molar-refractivity contribution in [3.05, 3.63) is 35.2 Å². The topological polar surface area (TPSA) is 109 Å². The van der Waals surface area contributed by atoms with E-state index in [1.165, 1.54) is 13.0 Å². The largest absolute Gasteiger partial charge is 0.416 e. The third-order valence-corrected chi connectivity index (χ3v) is 7.00. The van der Waals surface area contributed by atoms with Crippen LogP contribution in [0, 0.1) is 0 Å². The van der Waals surface area contributed by atoms with E-state index in [9.17, 15) is 28.0 Å². The standard InChI is InChI=1S/C24H33F3N6O3/c1-13(2)29-16-5-7-21(19(11-16)30-14(3)34)32-9-8-18(23(32)35)31-22-17-10-15(24(25,26)27)4-6-20(17)33(36)12-28-22/h4,6,10,12-13,16,18-21,29,31,36H,5,7-9,11H2,1-3H3,(H,30,34)/t16-,18?,19?,20?,21+/m1/s1. The van der Waals surface area contributed by atoms with E-state index < -0.39 is 23.8 Å². The van der Waals surface area contributed by atoms with Crippen molar-refractivity contribution in [2.45, 2.75) is 88.9 Å². The number of alkyl halides is 3. The Kier molecular flexibility index (Phi) is 7.46. The van der Waals surface area contributed by atoms with E-state index in [1.54, 1.807) is 4.90 Å². The molecule has 2 heterocycles. The molecule has 1 saturated carbocycles. The van der Waals surface area contributed by atoms with Crippen LogP contribution in [0.5, 0.6) is 0 Å². The summed E-state index contributed by atoms with van der Waals surface area (Å²) in [5, 5.41) is 20.3. The molecule has 4 rings (SSSR count). The van der Waals surface area contributed by atoms with Gasteiger partial charge in [0.15, 0.2) is 0 Å². The molecule has 0 radical (unpaired) electrons. The Morgan fingerprint density at radius 3 is 2.67 bits per heavy atom. The quantitative estimate of drug-likeness (QED) is 0.435. The molecule has 0 spiro atoms. The Morgan fingerprint density at radius 1 is 1.25 bits per heavy atom. The van der Waals surface area contributed by atoms with Crippen molar-refractivity contribution in [1.82, 2.24) is 25.9 Å². The zero-order valence-corrected chi connectivity index (χ0v) is 20.5. The fourth-order valence-corrected chi connectivity index (χ4v) is 5.50. The lowest BCUT2D eigenvalue weighted by Crippen LogP contribution is -2.58. The average molecular weight is 511 g/mol. The predicted octanol–water partition coefficient (Wildman–Crippen LogP) is 1.97. The van der Waals surface area contributed by atoms with Crippen LogP contribution in [-0.2, 0) is 9.59 Å². The summed E-state index contributed by atoms with van der Waals surface area (Å²) >= 11 is 0. The number of rotatable bonds is 6. The number of nitrogens with zero attached hydrogens (tertiary/aromatic N) is 3. The van der Waals surface area contributed by atoms with Crippen LogP contribution in [-0.4, -0.2) is 82.3 Å². The van der Waals surface area contributed by atoms with Gasteiger partial charge in [-0.15, -0.1) is 0 Å². The van der Waals surface area contributed by atoms with Gasteiger partial charge in [0, 0.05) is 31.1 Å². The van der Waals surface area contributed by atoms with Gasteiger partial charge in [0.2, 0.25) is 11.8 Å². The maximum Gasteiger partial charge on any atom is 0.416 e. The van der Waals surface area contributed by atoms with E-state index in [1.807, 2.05) is 0 Å². The summed E-state index contributed by atoms with van der Waals surface area (Å²) < 4.78 is 39.9. The number of aliphatic imine (C=N–C) groups is 1. The summed E-state index contributed by atoms with van der Waals surface area (Å²) in [5.41, 5.74) is -0.722. The minimum Gasteiger partial charge on any atom is -0.358 e. The maximum absolute atomic E-state index is 13.4. The van der Waals surface area contributed by atoms with Gasteiger partial charge < -0.3 is 20.9 Å². The minimum atomic E-state index is -4.55. The lowest BCUT2D eigenvalue weighted by atomic mass is 9.85. The van der Waals surface area contributed by atoms with E-state index in [4.69, 9.17) is 0 Å². The fraction of sp³-hybridized carbons (Fsp3) is 0.625. The van der Waals surface area contributed by atoms with Crippen LogP contribution in [0.2, 0.25) is 0 Å². The molecule has 4 N–H and O–H groups in total. The molecule has 1 saturated heterocycles. The number of allylic oxidation sites excluding steroid dienone is 2. The van der Waals surface area contributed by atoms with Gasteiger partial charge in [-0.1, -0.05) is 26.0 Å². The summed E-state index contributed by atoms with van der Waals surface area (Å²) in [7, 11) is 0. The molecule has 0 aromatic rings. The highest BCUT2D eigenvalue weighted by molar-refractivity contribution is 5.85. The van der Waals surface area contributed by atoms with E-state index >= 15 is 0 Å². The Hall–Kier alpha value is -2.86. The third-order valence-electron chi connectivity index (χ3n) is 7.00. The van der Waals surface area contributed by atoms with Crippen molar-refractivity contribution in [3.63, 3.8) is 0 Å². The number of fused-ring (bicyclic) bond motifs is 1. The summed E-state index contributed by atoms with van der Waals surface area (Å²) in [6, 6.07) is -1.33. The lowest BCUT2D eigenvalue weighted by molar-refractivity contribution is -0.133.